The van der Waals surface area contributed by atoms with Gasteiger partial charge in [-0.1, -0.05) is 30.3 Å². The van der Waals surface area contributed by atoms with Crippen LogP contribution in [0.4, 0.5) is 15.8 Å². The summed E-state index contributed by atoms with van der Waals surface area (Å²) in [6.45, 7) is 0.120. The topological polar surface area (TPSA) is 32.3 Å². The summed E-state index contributed by atoms with van der Waals surface area (Å²) in [6, 6.07) is 15.6. The van der Waals surface area contributed by atoms with E-state index < -0.39 is 5.82 Å². The number of hydrogen-bond donors (Lipinski definition) is 1. The minimum atomic E-state index is -0.405. The molecule has 0 unspecified atom stereocenters. The highest BCUT2D eigenvalue weighted by Crippen LogP contribution is 2.17. The van der Waals surface area contributed by atoms with Crippen LogP contribution in [0.3, 0.4) is 0 Å². The fourth-order valence-electron chi connectivity index (χ4n) is 1.71. The zero-order chi connectivity index (χ0) is 13.7. The molecular weight excluding hydrogens is 243 g/mol. The highest BCUT2D eigenvalue weighted by Gasteiger charge is 2.13. The smallest absolute Gasteiger partial charge is 0.246 e. The van der Waals surface area contributed by atoms with E-state index in [1.807, 2.05) is 30.3 Å². The van der Waals surface area contributed by atoms with Crippen molar-refractivity contribution in [2.24, 2.45) is 0 Å². The van der Waals surface area contributed by atoms with E-state index in [0.29, 0.717) is 0 Å². The lowest BCUT2D eigenvalue weighted by atomic mass is 10.2. The molecule has 98 valence electrons. The Morgan fingerprint density at radius 1 is 1.11 bits per heavy atom. The molecule has 2 aromatic rings. The third kappa shape index (κ3) is 3.31. The molecule has 19 heavy (non-hydrogen) atoms. The van der Waals surface area contributed by atoms with Gasteiger partial charge in [0, 0.05) is 12.7 Å². The van der Waals surface area contributed by atoms with Crippen molar-refractivity contribution in [1.82, 2.24) is 0 Å². The molecule has 0 fully saturated rings. The third-order valence-electron chi connectivity index (χ3n) is 2.81. The maximum absolute atomic E-state index is 13.5. The lowest BCUT2D eigenvalue weighted by Crippen LogP contribution is -2.32. The maximum Gasteiger partial charge on any atom is 0.246 e. The second-order valence-electron chi connectivity index (χ2n) is 4.12. The molecule has 1 N–H and O–H groups in total. The van der Waals surface area contributed by atoms with E-state index in [1.165, 1.54) is 11.0 Å². The van der Waals surface area contributed by atoms with Crippen LogP contribution in [0.2, 0.25) is 0 Å². The van der Waals surface area contributed by atoms with Crippen molar-refractivity contribution in [3.05, 3.63) is 60.4 Å². The Kier molecular flexibility index (Phi) is 4.13. The molecule has 4 heteroatoms. The van der Waals surface area contributed by atoms with Gasteiger partial charge < -0.3 is 10.2 Å². The summed E-state index contributed by atoms with van der Waals surface area (Å²) in [4.78, 5) is 13.3. The van der Waals surface area contributed by atoms with Crippen LogP contribution in [0, 0.1) is 5.82 Å². The average molecular weight is 258 g/mol. The Bertz CT molecular complexity index is 557. The van der Waals surface area contributed by atoms with E-state index in [9.17, 15) is 9.18 Å². The normalized spacial score (nSPS) is 10.0. The second-order valence-corrected chi connectivity index (χ2v) is 4.12. The molecule has 0 aliphatic carbocycles. The monoisotopic (exact) mass is 258 g/mol. The molecule has 0 radical (unpaired) electrons. The number of rotatable bonds is 4. The molecule has 0 spiro atoms. The standard InChI is InChI=1S/C15H15FN2O/c1-18(14-10-6-5-9-13(14)16)15(19)11-17-12-7-3-2-4-8-12/h2-10,17H,11H2,1H3. The number of nitrogens with zero attached hydrogens (tertiary/aromatic N) is 1. The molecule has 0 heterocycles. The molecule has 3 nitrogen and oxygen atoms in total. The number of halogens is 1. The van der Waals surface area contributed by atoms with Crippen LogP contribution in [-0.2, 0) is 4.79 Å². The molecule has 0 aliphatic heterocycles. The lowest BCUT2D eigenvalue weighted by Gasteiger charge is -2.18. The van der Waals surface area contributed by atoms with Crippen LogP contribution in [0.15, 0.2) is 54.6 Å². The first-order valence-corrected chi connectivity index (χ1v) is 5.98. The van der Waals surface area contributed by atoms with E-state index in [1.54, 1.807) is 25.2 Å². The van der Waals surface area contributed by atoms with Crippen molar-refractivity contribution in [3.63, 3.8) is 0 Å². The van der Waals surface area contributed by atoms with E-state index in [4.69, 9.17) is 0 Å². The predicted octanol–water partition coefficient (Wildman–Crippen LogP) is 2.90. The average Bonchev–Trinajstić information content (AvgIpc) is 2.45. The summed E-state index contributed by atoms with van der Waals surface area (Å²) in [5, 5.41) is 3.00. The fraction of sp³-hybridized carbons (Fsp3) is 0.133. The summed E-state index contributed by atoms with van der Waals surface area (Å²) in [6.07, 6.45) is 0. The number of likely N-dealkylation sites (N-methyl/N-ethyl adjacent to an activating group) is 1. The summed E-state index contributed by atoms with van der Waals surface area (Å²) >= 11 is 0. The summed E-state index contributed by atoms with van der Waals surface area (Å²) in [5.74, 6) is -0.605. The highest BCUT2D eigenvalue weighted by molar-refractivity contribution is 5.95. The van der Waals surface area contributed by atoms with Gasteiger partial charge in [0.2, 0.25) is 5.91 Å². The number of benzene rings is 2. The molecule has 0 bridgehead atoms. The van der Waals surface area contributed by atoms with Crippen LogP contribution < -0.4 is 10.2 Å². The number of amides is 1. The molecule has 1 amide bonds. The summed E-state index contributed by atoms with van der Waals surface area (Å²) in [5.41, 5.74) is 1.14. The molecule has 2 aromatic carbocycles. The van der Waals surface area contributed by atoms with Crippen LogP contribution in [0.5, 0.6) is 0 Å². The van der Waals surface area contributed by atoms with E-state index in [0.717, 1.165) is 5.69 Å². The van der Waals surface area contributed by atoms with Crippen molar-refractivity contribution in [3.8, 4) is 0 Å². The largest absolute Gasteiger partial charge is 0.376 e. The number of carbonyl (C=O) groups excluding carboxylic acids is 1. The van der Waals surface area contributed by atoms with Gasteiger partial charge in [0.1, 0.15) is 5.82 Å². The SMILES string of the molecule is CN(C(=O)CNc1ccccc1)c1ccccc1F. The van der Waals surface area contributed by atoms with Crippen LogP contribution in [0.1, 0.15) is 0 Å². The second kappa shape index (κ2) is 6.00. The van der Waals surface area contributed by atoms with Gasteiger partial charge in [0.05, 0.1) is 12.2 Å². The molecular formula is C15H15FN2O. The van der Waals surface area contributed by atoms with Crippen molar-refractivity contribution in [2.45, 2.75) is 0 Å². The van der Waals surface area contributed by atoms with E-state index >= 15 is 0 Å². The lowest BCUT2D eigenvalue weighted by molar-refractivity contribution is -0.116. The highest BCUT2D eigenvalue weighted by atomic mass is 19.1. The zero-order valence-corrected chi connectivity index (χ0v) is 10.6. The first kappa shape index (κ1) is 13.1. The van der Waals surface area contributed by atoms with Gasteiger partial charge in [-0.25, -0.2) is 4.39 Å². The van der Waals surface area contributed by atoms with Crippen LogP contribution in [-0.4, -0.2) is 19.5 Å². The Balaban J connectivity index is 1.99. The molecule has 0 aromatic heterocycles. The van der Waals surface area contributed by atoms with Gasteiger partial charge in [-0.2, -0.15) is 0 Å². The van der Waals surface area contributed by atoms with E-state index in [-0.39, 0.29) is 18.1 Å². The summed E-state index contributed by atoms with van der Waals surface area (Å²) < 4.78 is 13.5. The minimum Gasteiger partial charge on any atom is -0.376 e. The quantitative estimate of drug-likeness (QED) is 0.914. The maximum atomic E-state index is 13.5. The Labute approximate surface area is 111 Å². The van der Waals surface area contributed by atoms with Crippen LogP contribution >= 0.6 is 0 Å². The first-order valence-electron chi connectivity index (χ1n) is 5.98. The molecule has 0 saturated carbocycles. The van der Waals surface area contributed by atoms with Crippen molar-refractivity contribution in [1.29, 1.82) is 0 Å². The number of para-hydroxylation sites is 2. The third-order valence-corrected chi connectivity index (χ3v) is 2.81. The van der Waals surface area contributed by atoms with Gasteiger partial charge in [-0.3, -0.25) is 4.79 Å². The Hall–Kier alpha value is -2.36. The number of carbonyl (C=O) groups is 1. The summed E-state index contributed by atoms with van der Waals surface area (Å²) in [7, 11) is 1.56. The van der Waals surface area contributed by atoms with E-state index in [2.05, 4.69) is 5.32 Å². The number of hydrogen-bond acceptors (Lipinski definition) is 2. The first-order chi connectivity index (χ1) is 9.18. The van der Waals surface area contributed by atoms with Crippen molar-refractivity contribution in [2.75, 3.05) is 23.8 Å². The molecule has 0 atom stereocenters. The number of anilines is 2. The minimum absolute atomic E-state index is 0.120. The van der Waals surface area contributed by atoms with Crippen LogP contribution in [0.25, 0.3) is 0 Å². The fourth-order valence-corrected chi connectivity index (χ4v) is 1.71. The van der Waals surface area contributed by atoms with Gasteiger partial charge in [-0.15, -0.1) is 0 Å². The van der Waals surface area contributed by atoms with Crippen molar-refractivity contribution >= 4 is 17.3 Å². The predicted molar refractivity (Wildman–Crippen MR) is 74.7 cm³/mol. The Morgan fingerprint density at radius 2 is 1.74 bits per heavy atom. The number of nitrogens with one attached hydrogen (secondary N) is 1. The van der Waals surface area contributed by atoms with Gasteiger partial charge in [0.15, 0.2) is 0 Å². The van der Waals surface area contributed by atoms with Gasteiger partial charge in [-0.05, 0) is 24.3 Å². The van der Waals surface area contributed by atoms with Gasteiger partial charge in [0.25, 0.3) is 0 Å². The molecule has 0 saturated heterocycles. The Morgan fingerprint density at radius 3 is 2.42 bits per heavy atom. The van der Waals surface area contributed by atoms with Crippen molar-refractivity contribution < 1.29 is 9.18 Å². The molecule has 2 rings (SSSR count). The zero-order valence-electron chi connectivity index (χ0n) is 10.6. The van der Waals surface area contributed by atoms with Gasteiger partial charge >= 0.3 is 0 Å². The molecule has 0 aliphatic rings.